The standard InChI is InChI=1S/C36H25BN2OS/c1-36(2,3)20-18-24-21-11-8-12-23-31-22-10-4-7-17-30(22)41-35(31)39(33(21)23)37-25-13-9-16-29-34(25)38(27(19-20)32(24)37)26-14-5-6-15-28(26)40-29/h4-19H,1-3H3. The molecule has 5 heterocycles. The van der Waals surface area contributed by atoms with Gasteiger partial charge in [-0.2, -0.15) is 0 Å². The molecule has 3 aliphatic heterocycles. The van der Waals surface area contributed by atoms with E-state index >= 15 is 0 Å². The molecule has 2 aromatic heterocycles. The van der Waals surface area contributed by atoms with Crippen molar-refractivity contribution in [3.63, 3.8) is 0 Å². The number of fused-ring (bicyclic) bond motifs is 11. The summed E-state index contributed by atoms with van der Waals surface area (Å²) in [5, 5.41) is 4.07. The molecule has 3 aliphatic rings. The van der Waals surface area contributed by atoms with Gasteiger partial charge in [-0.3, -0.25) is 0 Å². The Kier molecular flexibility index (Phi) is 3.92. The molecule has 0 bridgehead atoms. The predicted molar refractivity (Wildman–Crippen MR) is 174 cm³/mol. The quantitative estimate of drug-likeness (QED) is 0.178. The first-order valence-corrected chi connectivity index (χ1v) is 15.1. The average molecular weight is 544 g/mol. The van der Waals surface area contributed by atoms with Crippen molar-refractivity contribution in [1.29, 1.82) is 0 Å². The highest BCUT2D eigenvalue weighted by atomic mass is 32.1. The highest BCUT2D eigenvalue weighted by molar-refractivity contribution is 7.26. The van der Waals surface area contributed by atoms with Gasteiger partial charge in [-0.05, 0) is 57.8 Å². The van der Waals surface area contributed by atoms with Gasteiger partial charge >= 0.3 is 6.85 Å². The number of anilines is 3. The Morgan fingerprint density at radius 2 is 1.51 bits per heavy atom. The maximum absolute atomic E-state index is 6.59. The van der Waals surface area contributed by atoms with Crippen LogP contribution in [0.25, 0.3) is 42.3 Å². The summed E-state index contributed by atoms with van der Waals surface area (Å²) in [6.45, 7) is 7.02. The topological polar surface area (TPSA) is 17.4 Å². The largest absolute Gasteiger partial charge is 0.453 e. The van der Waals surface area contributed by atoms with E-state index in [0.29, 0.717) is 0 Å². The van der Waals surface area contributed by atoms with Crippen molar-refractivity contribution < 1.29 is 4.74 Å². The summed E-state index contributed by atoms with van der Waals surface area (Å²) < 4.78 is 10.6. The van der Waals surface area contributed by atoms with Crippen molar-refractivity contribution in [2.45, 2.75) is 26.2 Å². The minimum Gasteiger partial charge on any atom is -0.453 e. The van der Waals surface area contributed by atoms with Crippen LogP contribution in [-0.4, -0.2) is 11.3 Å². The molecule has 5 aromatic carbocycles. The van der Waals surface area contributed by atoms with E-state index in [0.717, 1.165) is 22.9 Å². The minimum atomic E-state index is -0.00346. The molecule has 194 valence electrons. The molecule has 0 N–H and O–H groups in total. The van der Waals surface area contributed by atoms with E-state index in [2.05, 4.69) is 127 Å². The lowest BCUT2D eigenvalue weighted by Crippen LogP contribution is -2.57. The third kappa shape index (κ3) is 2.62. The molecule has 0 aliphatic carbocycles. The fraction of sp³-hybridized carbons (Fsp3) is 0.111. The molecule has 3 nitrogen and oxygen atoms in total. The SMILES string of the molecule is CC(C)(C)c1cc2c3c(c1)N1c4ccccc4Oc4cccc(c41)B3n1c3sc4ccccc4c3c3cccc-2c31. The average Bonchev–Trinajstić information content (AvgIpc) is 3.51. The Bertz CT molecular complexity index is 2300. The molecule has 0 saturated heterocycles. The first-order chi connectivity index (χ1) is 20.0. The van der Waals surface area contributed by atoms with Crippen molar-refractivity contribution in [3.8, 4) is 22.6 Å². The van der Waals surface area contributed by atoms with Crippen LogP contribution in [-0.2, 0) is 5.41 Å². The fourth-order valence-corrected chi connectivity index (χ4v) is 8.77. The summed E-state index contributed by atoms with van der Waals surface area (Å²) in [4.78, 5) is 3.82. The molecule has 0 unspecified atom stereocenters. The Morgan fingerprint density at radius 1 is 0.732 bits per heavy atom. The van der Waals surface area contributed by atoms with Gasteiger partial charge in [-0.15, -0.1) is 11.3 Å². The van der Waals surface area contributed by atoms with Crippen LogP contribution in [0.1, 0.15) is 26.3 Å². The number of nitrogens with zero attached hydrogens (tertiary/aromatic N) is 2. The van der Waals surface area contributed by atoms with Crippen LogP contribution >= 0.6 is 11.3 Å². The lowest BCUT2D eigenvalue weighted by molar-refractivity contribution is 0.477. The summed E-state index contributed by atoms with van der Waals surface area (Å²) in [5.74, 6) is 1.82. The summed E-state index contributed by atoms with van der Waals surface area (Å²) >= 11 is 1.92. The van der Waals surface area contributed by atoms with Crippen molar-refractivity contribution in [3.05, 3.63) is 103 Å². The van der Waals surface area contributed by atoms with Crippen molar-refractivity contribution in [2.75, 3.05) is 4.90 Å². The van der Waals surface area contributed by atoms with Gasteiger partial charge < -0.3 is 14.1 Å². The van der Waals surface area contributed by atoms with Gasteiger partial charge in [-0.25, -0.2) is 0 Å². The van der Waals surface area contributed by atoms with Crippen molar-refractivity contribution in [2.24, 2.45) is 0 Å². The Labute approximate surface area is 242 Å². The second kappa shape index (κ2) is 7.23. The molecule has 0 fully saturated rings. The number of rotatable bonds is 0. The van der Waals surface area contributed by atoms with E-state index in [1.165, 1.54) is 64.5 Å². The lowest BCUT2D eigenvalue weighted by Gasteiger charge is -2.43. The first-order valence-electron chi connectivity index (χ1n) is 14.3. The molecule has 0 atom stereocenters. The molecular formula is C36H25BN2OS. The molecule has 5 heteroatoms. The Balaban J connectivity index is 1.44. The first kappa shape index (κ1) is 22.2. The number of ether oxygens (including phenoxy) is 1. The van der Waals surface area contributed by atoms with Crippen LogP contribution in [0.4, 0.5) is 17.1 Å². The number of hydrogen-bond donors (Lipinski definition) is 0. The molecule has 0 amide bonds. The monoisotopic (exact) mass is 544 g/mol. The fourth-order valence-electron chi connectivity index (χ4n) is 7.52. The Hall–Kier alpha value is -4.48. The van der Waals surface area contributed by atoms with Gasteiger partial charge in [0, 0.05) is 37.6 Å². The van der Waals surface area contributed by atoms with Crippen LogP contribution < -0.4 is 20.6 Å². The zero-order valence-electron chi connectivity index (χ0n) is 23.0. The number of thiophene rings is 1. The van der Waals surface area contributed by atoms with Crippen LogP contribution in [0.3, 0.4) is 0 Å². The van der Waals surface area contributed by atoms with Crippen LogP contribution in [0.2, 0.25) is 0 Å². The number of aromatic nitrogens is 1. The normalized spacial score (nSPS) is 14.3. The molecule has 10 rings (SSSR count). The van der Waals surface area contributed by atoms with Crippen LogP contribution in [0.15, 0.2) is 97.1 Å². The zero-order chi connectivity index (χ0) is 27.2. The predicted octanol–water partition coefficient (Wildman–Crippen LogP) is 8.83. The Morgan fingerprint density at radius 3 is 2.41 bits per heavy atom. The smallest absolute Gasteiger partial charge is 0.333 e. The van der Waals surface area contributed by atoms with Gasteiger partial charge in [0.1, 0.15) is 0 Å². The van der Waals surface area contributed by atoms with E-state index < -0.39 is 0 Å². The summed E-state index contributed by atoms with van der Waals surface area (Å²) in [5.41, 5.74) is 11.6. The molecule has 0 radical (unpaired) electrons. The van der Waals surface area contributed by atoms with E-state index in [9.17, 15) is 0 Å². The summed E-state index contributed by atoms with van der Waals surface area (Å²) in [6, 6.07) is 35.8. The molecule has 0 saturated carbocycles. The van der Waals surface area contributed by atoms with Crippen LogP contribution in [0.5, 0.6) is 11.5 Å². The van der Waals surface area contributed by atoms with Gasteiger partial charge in [0.25, 0.3) is 0 Å². The van der Waals surface area contributed by atoms with E-state index in [1.807, 2.05) is 11.3 Å². The number of hydrogen-bond acceptors (Lipinski definition) is 3. The van der Waals surface area contributed by atoms with Crippen LogP contribution in [0, 0.1) is 0 Å². The minimum absolute atomic E-state index is 0.00346. The van der Waals surface area contributed by atoms with Crippen molar-refractivity contribution >= 4 is 77.4 Å². The van der Waals surface area contributed by atoms with E-state index in [-0.39, 0.29) is 12.3 Å². The molecule has 0 spiro atoms. The van der Waals surface area contributed by atoms with Gasteiger partial charge in [0.05, 0.1) is 16.2 Å². The second-order valence-corrected chi connectivity index (χ2v) is 13.6. The second-order valence-electron chi connectivity index (χ2n) is 12.6. The van der Waals surface area contributed by atoms with E-state index in [1.54, 1.807) is 0 Å². The summed E-state index contributed by atoms with van der Waals surface area (Å²) in [6.07, 6.45) is 0. The lowest BCUT2D eigenvalue weighted by atomic mass is 9.45. The van der Waals surface area contributed by atoms with Gasteiger partial charge in [-0.1, -0.05) is 87.5 Å². The maximum atomic E-state index is 6.59. The van der Waals surface area contributed by atoms with Crippen molar-refractivity contribution in [1.82, 2.24) is 4.48 Å². The highest BCUT2D eigenvalue weighted by Gasteiger charge is 2.46. The van der Waals surface area contributed by atoms with Gasteiger partial charge in [0.2, 0.25) is 0 Å². The molecular weight excluding hydrogens is 519 g/mol. The maximum Gasteiger partial charge on any atom is 0.333 e. The van der Waals surface area contributed by atoms with E-state index in [4.69, 9.17) is 4.74 Å². The third-order valence-electron chi connectivity index (χ3n) is 9.30. The highest BCUT2D eigenvalue weighted by Crippen LogP contribution is 2.54. The number of para-hydroxylation sites is 4. The zero-order valence-corrected chi connectivity index (χ0v) is 23.8. The number of benzene rings is 5. The summed E-state index contributed by atoms with van der Waals surface area (Å²) in [7, 11) is 0. The molecule has 7 aromatic rings. The van der Waals surface area contributed by atoms with Gasteiger partial charge in [0.15, 0.2) is 11.5 Å². The third-order valence-corrected chi connectivity index (χ3v) is 10.5. The molecule has 41 heavy (non-hydrogen) atoms.